The maximum Gasteiger partial charge on any atom is 0.281 e. The summed E-state index contributed by atoms with van der Waals surface area (Å²) < 4.78 is 25.4. The zero-order chi connectivity index (χ0) is 25.8. The molecule has 0 unspecified atom stereocenters. The standard InChI is InChI=1S/C30H22ClFN2O3/c1-36-27-18-20(17-25(31)29(27)37-19-22-12-8-9-15-26(22)32)16-24-28(21-10-4-2-5-11-21)33-34(30(24)35)23-13-6-3-7-14-23/h2-18H,19H2,1H3/b24-16-. The van der Waals surface area contributed by atoms with Crippen molar-refractivity contribution < 1.29 is 18.7 Å². The molecule has 1 amide bonds. The lowest BCUT2D eigenvalue weighted by atomic mass is 10.00. The van der Waals surface area contributed by atoms with Crippen LogP contribution in [0.1, 0.15) is 16.7 Å². The molecule has 5 rings (SSSR count). The number of halogens is 2. The molecule has 0 N–H and O–H groups in total. The van der Waals surface area contributed by atoms with E-state index >= 15 is 0 Å². The number of hydrazone groups is 1. The van der Waals surface area contributed by atoms with Crippen LogP contribution in [0.25, 0.3) is 6.08 Å². The maximum absolute atomic E-state index is 14.0. The van der Waals surface area contributed by atoms with E-state index in [1.807, 2.05) is 60.7 Å². The monoisotopic (exact) mass is 512 g/mol. The van der Waals surface area contributed by atoms with E-state index in [-0.39, 0.29) is 29.1 Å². The summed E-state index contributed by atoms with van der Waals surface area (Å²) in [6, 6.07) is 28.5. The summed E-state index contributed by atoms with van der Waals surface area (Å²) in [5.41, 5.74) is 3.45. The van der Waals surface area contributed by atoms with Gasteiger partial charge in [-0.25, -0.2) is 4.39 Å². The van der Waals surface area contributed by atoms with Crippen LogP contribution in [0.4, 0.5) is 10.1 Å². The molecule has 0 saturated heterocycles. The Morgan fingerprint density at radius 3 is 2.32 bits per heavy atom. The van der Waals surface area contributed by atoms with Gasteiger partial charge < -0.3 is 9.47 Å². The lowest BCUT2D eigenvalue weighted by molar-refractivity contribution is -0.114. The van der Waals surface area contributed by atoms with E-state index in [1.165, 1.54) is 18.2 Å². The molecule has 0 aliphatic carbocycles. The summed E-state index contributed by atoms with van der Waals surface area (Å²) in [6.45, 7) is -0.0154. The highest BCUT2D eigenvalue weighted by atomic mass is 35.5. The highest BCUT2D eigenvalue weighted by Crippen LogP contribution is 2.38. The summed E-state index contributed by atoms with van der Waals surface area (Å²) in [7, 11) is 1.49. The van der Waals surface area contributed by atoms with E-state index in [2.05, 4.69) is 5.10 Å². The molecular weight excluding hydrogens is 491 g/mol. The van der Waals surface area contributed by atoms with E-state index in [4.69, 9.17) is 21.1 Å². The largest absolute Gasteiger partial charge is 0.493 e. The summed E-state index contributed by atoms with van der Waals surface area (Å²) in [4.78, 5) is 13.5. The number of rotatable bonds is 7. The second-order valence-electron chi connectivity index (χ2n) is 8.24. The van der Waals surface area contributed by atoms with Crippen molar-refractivity contribution in [2.24, 2.45) is 5.10 Å². The summed E-state index contributed by atoms with van der Waals surface area (Å²) in [6.07, 6.45) is 1.73. The van der Waals surface area contributed by atoms with Gasteiger partial charge in [-0.05, 0) is 42.0 Å². The number of carbonyl (C=O) groups is 1. The molecule has 184 valence electrons. The maximum atomic E-state index is 14.0. The number of carbonyl (C=O) groups excluding carboxylic acids is 1. The Morgan fingerprint density at radius 1 is 0.946 bits per heavy atom. The Hall–Kier alpha value is -4.42. The van der Waals surface area contributed by atoms with E-state index in [0.717, 1.165) is 5.56 Å². The zero-order valence-corrected chi connectivity index (χ0v) is 20.7. The van der Waals surface area contributed by atoms with Gasteiger partial charge >= 0.3 is 0 Å². The van der Waals surface area contributed by atoms with Gasteiger partial charge in [0.05, 0.1) is 23.4 Å². The first kappa shape index (κ1) is 24.3. The third-order valence-electron chi connectivity index (χ3n) is 5.82. The van der Waals surface area contributed by atoms with Gasteiger partial charge in [0.2, 0.25) is 0 Å². The molecule has 0 atom stereocenters. The van der Waals surface area contributed by atoms with Crippen molar-refractivity contribution in [2.45, 2.75) is 6.61 Å². The van der Waals surface area contributed by atoms with Crippen LogP contribution >= 0.6 is 11.6 Å². The molecule has 5 nitrogen and oxygen atoms in total. The van der Waals surface area contributed by atoms with Gasteiger partial charge in [0.1, 0.15) is 18.1 Å². The number of amides is 1. The van der Waals surface area contributed by atoms with Crippen LogP contribution in [-0.4, -0.2) is 18.7 Å². The normalized spacial score (nSPS) is 14.1. The second kappa shape index (κ2) is 10.7. The number of hydrogen-bond acceptors (Lipinski definition) is 4. The van der Waals surface area contributed by atoms with Crippen LogP contribution in [0.5, 0.6) is 11.5 Å². The molecule has 0 fully saturated rings. The third-order valence-corrected chi connectivity index (χ3v) is 6.10. The smallest absolute Gasteiger partial charge is 0.281 e. The number of benzene rings is 4. The fraction of sp³-hybridized carbons (Fsp3) is 0.0667. The van der Waals surface area contributed by atoms with E-state index in [9.17, 15) is 9.18 Å². The fourth-order valence-corrected chi connectivity index (χ4v) is 4.27. The van der Waals surface area contributed by atoms with Crippen LogP contribution in [0.15, 0.2) is 108 Å². The molecular formula is C30H22ClFN2O3. The van der Waals surface area contributed by atoms with E-state index < -0.39 is 0 Å². The molecule has 1 aliphatic heterocycles. The van der Waals surface area contributed by atoms with Gasteiger partial charge in [-0.1, -0.05) is 78.3 Å². The highest BCUT2D eigenvalue weighted by Gasteiger charge is 2.32. The van der Waals surface area contributed by atoms with Crippen molar-refractivity contribution in [1.82, 2.24) is 0 Å². The molecule has 1 aliphatic rings. The van der Waals surface area contributed by atoms with Crippen molar-refractivity contribution in [3.63, 3.8) is 0 Å². The zero-order valence-electron chi connectivity index (χ0n) is 19.9. The quantitative estimate of drug-likeness (QED) is 0.253. The van der Waals surface area contributed by atoms with Crippen LogP contribution in [0, 0.1) is 5.82 Å². The van der Waals surface area contributed by atoms with Crippen molar-refractivity contribution >= 4 is 35.0 Å². The first-order chi connectivity index (χ1) is 18.0. The molecule has 1 heterocycles. The minimum atomic E-state index is -0.366. The van der Waals surface area contributed by atoms with Gasteiger partial charge in [0.15, 0.2) is 11.5 Å². The topological polar surface area (TPSA) is 51.1 Å². The predicted molar refractivity (Wildman–Crippen MR) is 144 cm³/mol. The molecule has 37 heavy (non-hydrogen) atoms. The first-order valence-electron chi connectivity index (χ1n) is 11.5. The van der Waals surface area contributed by atoms with Crippen LogP contribution < -0.4 is 14.5 Å². The second-order valence-corrected chi connectivity index (χ2v) is 8.65. The summed E-state index contributed by atoms with van der Waals surface area (Å²) >= 11 is 6.57. The van der Waals surface area contributed by atoms with Crippen molar-refractivity contribution in [2.75, 3.05) is 12.1 Å². The van der Waals surface area contributed by atoms with E-state index in [0.29, 0.717) is 33.8 Å². The van der Waals surface area contributed by atoms with Gasteiger partial charge in [-0.3, -0.25) is 4.79 Å². The molecule has 4 aromatic carbocycles. The number of para-hydroxylation sites is 1. The van der Waals surface area contributed by atoms with E-state index in [1.54, 1.807) is 36.4 Å². The Bertz CT molecular complexity index is 1500. The predicted octanol–water partition coefficient (Wildman–Crippen LogP) is 6.90. The van der Waals surface area contributed by atoms with Gasteiger partial charge in [-0.2, -0.15) is 10.1 Å². The Kier molecular flexibility index (Phi) is 7.01. The average molecular weight is 513 g/mol. The Balaban J connectivity index is 1.51. The van der Waals surface area contributed by atoms with Crippen LogP contribution in [-0.2, 0) is 11.4 Å². The van der Waals surface area contributed by atoms with Crippen LogP contribution in [0.2, 0.25) is 5.02 Å². The molecule has 0 aromatic heterocycles. The van der Waals surface area contributed by atoms with Gasteiger partial charge in [-0.15, -0.1) is 0 Å². The minimum absolute atomic E-state index is 0.0154. The number of nitrogens with zero attached hydrogens (tertiary/aromatic N) is 2. The van der Waals surface area contributed by atoms with Gasteiger partial charge in [0, 0.05) is 11.1 Å². The Morgan fingerprint density at radius 2 is 1.62 bits per heavy atom. The summed E-state index contributed by atoms with van der Waals surface area (Å²) in [5.74, 6) is 0.0174. The lowest BCUT2D eigenvalue weighted by Crippen LogP contribution is -2.21. The highest BCUT2D eigenvalue weighted by molar-refractivity contribution is 6.37. The molecule has 0 saturated carbocycles. The molecule has 7 heteroatoms. The average Bonchev–Trinajstić information content (AvgIpc) is 3.25. The molecule has 0 spiro atoms. The van der Waals surface area contributed by atoms with Crippen molar-refractivity contribution in [3.8, 4) is 11.5 Å². The minimum Gasteiger partial charge on any atom is -0.493 e. The van der Waals surface area contributed by atoms with Crippen LogP contribution in [0.3, 0.4) is 0 Å². The van der Waals surface area contributed by atoms with Crippen molar-refractivity contribution in [3.05, 3.63) is 130 Å². The van der Waals surface area contributed by atoms with Gasteiger partial charge in [0.25, 0.3) is 5.91 Å². The SMILES string of the molecule is COc1cc(/C=C2\C(=O)N(c3ccccc3)N=C2c2ccccc2)cc(Cl)c1OCc1ccccc1F. The molecule has 0 bridgehead atoms. The molecule has 4 aromatic rings. The fourth-order valence-electron chi connectivity index (χ4n) is 3.99. The van der Waals surface area contributed by atoms with Crippen molar-refractivity contribution in [1.29, 1.82) is 0 Å². The molecule has 0 radical (unpaired) electrons. The lowest BCUT2D eigenvalue weighted by Gasteiger charge is -2.14. The first-order valence-corrected chi connectivity index (χ1v) is 11.9. The number of ether oxygens (including phenoxy) is 2. The number of methoxy groups -OCH3 is 1. The number of hydrogen-bond donors (Lipinski definition) is 0. The summed E-state index contributed by atoms with van der Waals surface area (Å²) in [5, 5.41) is 6.31. The Labute approximate surface area is 219 Å². The number of anilines is 1. The third kappa shape index (κ3) is 5.10.